The van der Waals surface area contributed by atoms with E-state index in [0.29, 0.717) is 23.6 Å². The molecular weight excluding hydrogens is 266 g/mol. The van der Waals surface area contributed by atoms with E-state index >= 15 is 0 Å². The minimum atomic E-state index is -0.904. The lowest BCUT2D eigenvalue weighted by molar-refractivity contribution is 0.0694. The van der Waals surface area contributed by atoms with Gasteiger partial charge in [0.25, 0.3) is 0 Å². The molecule has 2 fully saturated rings. The molecule has 0 saturated heterocycles. The number of carboxylic acids is 1. The maximum Gasteiger partial charge on any atom is 0.339 e. The fourth-order valence-electron chi connectivity index (χ4n) is 4.86. The van der Waals surface area contributed by atoms with Gasteiger partial charge in [-0.15, -0.1) is 0 Å². The van der Waals surface area contributed by atoms with Gasteiger partial charge in [0.1, 0.15) is 5.56 Å². The number of fused-ring (bicyclic) bond motifs is 2. The van der Waals surface area contributed by atoms with Crippen LogP contribution in [-0.2, 0) is 13.6 Å². The number of hydrogen-bond acceptors (Lipinski definition) is 3. The van der Waals surface area contributed by atoms with Crippen LogP contribution in [0.4, 0.5) is 0 Å². The highest BCUT2D eigenvalue weighted by Gasteiger charge is 2.58. The van der Waals surface area contributed by atoms with Crippen molar-refractivity contribution in [3.8, 4) is 0 Å². The van der Waals surface area contributed by atoms with E-state index in [2.05, 4.69) is 31.2 Å². The van der Waals surface area contributed by atoms with E-state index < -0.39 is 5.97 Å². The first-order valence-corrected chi connectivity index (χ1v) is 7.73. The van der Waals surface area contributed by atoms with Crippen molar-refractivity contribution in [2.24, 2.45) is 23.8 Å². The predicted octanol–water partition coefficient (Wildman–Crippen LogP) is 2.42. The van der Waals surface area contributed by atoms with Gasteiger partial charge in [-0.2, -0.15) is 5.10 Å². The van der Waals surface area contributed by atoms with Crippen molar-refractivity contribution in [2.45, 2.75) is 52.6 Å². The van der Waals surface area contributed by atoms with Gasteiger partial charge >= 0.3 is 5.97 Å². The number of rotatable bonds is 4. The second kappa shape index (κ2) is 4.57. The first-order valence-electron chi connectivity index (χ1n) is 7.73. The second-order valence-corrected chi connectivity index (χ2v) is 7.66. The summed E-state index contributed by atoms with van der Waals surface area (Å²) in [4.78, 5) is 11.3. The van der Waals surface area contributed by atoms with E-state index in [1.807, 2.05) is 0 Å². The summed E-state index contributed by atoms with van der Waals surface area (Å²) < 4.78 is 1.67. The van der Waals surface area contributed by atoms with Crippen LogP contribution in [0.5, 0.6) is 0 Å². The topological polar surface area (TPSA) is 67.2 Å². The zero-order chi connectivity index (χ0) is 15.4. The maximum absolute atomic E-state index is 11.3. The van der Waals surface area contributed by atoms with Crippen molar-refractivity contribution < 1.29 is 9.90 Å². The van der Waals surface area contributed by atoms with Crippen molar-refractivity contribution in [3.63, 3.8) is 0 Å². The van der Waals surface area contributed by atoms with Gasteiger partial charge in [-0.1, -0.05) is 20.8 Å². The Morgan fingerprint density at radius 2 is 2.24 bits per heavy atom. The molecule has 0 spiro atoms. The Balaban J connectivity index is 1.80. The number of aromatic nitrogens is 2. The molecule has 2 bridgehead atoms. The molecule has 3 atom stereocenters. The molecule has 0 aliphatic heterocycles. The molecule has 2 saturated carbocycles. The fourth-order valence-corrected chi connectivity index (χ4v) is 4.86. The number of nitrogens with zero attached hydrogens (tertiary/aromatic N) is 2. The molecule has 21 heavy (non-hydrogen) atoms. The fraction of sp³-hybridized carbons (Fsp3) is 0.750. The van der Waals surface area contributed by atoms with Gasteiger partial charge in [0.05, 0.1) is 11.9 Å². The first-order chi connectivity index (χ1) is 9.75. The SMILES string of the molecule is Cn1ncc(C(=O)O)c1CNC1C2(C)CCC(C2)C1(C)C. The highest BCUT2D eigenvalue weighted by atomic mass is 16.4. The molecule has 3 unspecified atom stereocenters. The van der Waals surface area contributed by atoms with Crippen LogP contribution in [0.15, 0.2) is 6.20 Å². The van der Waals surface area contributed by atoms with E-state index in [-0.39, 0.29) is 5.41 Å². The van der Waals surface area contributed by atoms with Crippen molar-refractivity contribution in [1.82, 2.24) is 15.1 Å². The Labute approximate surface area is 125 Å². The van der Waals surface area contributed by atoms with Crippen molar-refractivity contribution >= 4 is 5.97 Å². The largest absolute Gasteiger partial charge is 0.478 e. The summed E-state index contributed by atoms with van der Waals surface area (Å²) in [6.07, 6.45) is 5.32. The summed E-state index contributed by atoms with van der Waals surface area (Å²) in [5, 5.41) is 17.0. The number of hydrogen-bond donors (Lipinski definition) is 2. The van der Waals surface area contributed by atoms with E-state index in [0.717, 1.165) is 11.6 Å². The van der Waals surface area contributed by atoms with Crippen molar-refractivity contribution in [1.29, 1.82) is 0 Å². The summed E-state index contributed by atoms with van der Waals surface area (Å²) >= 11 is 0. The number of carboxylic acid groups (broad SMARTS) is 1. The van der Waals surface area contributed by atoms with Crippen LogP contribution in [0, 0.1) is 16.7 Å². The number of nitrogens with one attached hydrogen (secondary N) is 1. The number of aryl methyl sites for hydroxylation is 1. The Morgan fingerprint density at radius 3 is 2.81 bits per heavy atom. The molecule has 3 rings (SSSR count). The van der Waals surface area contributed by atoms with Gasteiger partial charge in [0.2, 0.25) is 0 Å². The normalized spacial score (nSPS) is 33.5. The quantitative estimate of drug-likeness (QED) is 0.894. The molecule has 116 valence electrons. The number of aromatic carboxylic acids is 1. The molecule has 1 aromatic heterocycles. The Bertz CT molecular complexity index is 573. The second-order valence-electron chi connectivity index (χ2n) is 7.66. The van der Waals surface area contributed by atoms with Gasteiger partial charge in [-0.25, -0.2) is 4.79 Å². The van der Waals surface area contributed by atoms with Crippen molar-refractivity contribution in [3.05, 3.63) is 17.5 Å². The van der Waals surface area contributed by atoms with E-state index in [1.54, 1.807) is 11.7 Å². The summed E-state index contributed by atoms with van der Waals surface area (Å²) in [7, 11) is 1.80. The lowest BCUT2D eigenvalue weighted by Crippen LogP contribution is -2.50. The average Bonchev–Trinajstić information content (AvgIpc) is 2.99. The highest BCUT2D eigenvalue weighted by molar-refractivity contribution is 5.88. The van der Waals surface area contributed by atoms with Crippen LogP contribution in [0.25, 0.3) is 0 Å². The first kappa shape index (κ1) is 14.6. The van der Waals surface area contributed by atoms with Gasteiger partial charge in [-0.05, 0) is 36.0 Å². The van der Waals surface area contributed by atoms with Gasteiger partial charge in [-0.3, -0.25) is 4.68 Å². The summed E-state index contributed by atoms with van der Waals surface area (Å²) in [6.45, 7) is 7.64. The van der Waals surface area contributed by atoms with E-state index in [4.69, 9.17) is 0 Å². The van der Waals surface area contributed by atoms with Crippen LogP contribution in [-0.4, -0.2) is 26.9 Å². The monoisotopic (exact) mass is 291 g/mol. The van der Waals surface area contributed by atoms with Crippen LogP contribution < -0.4 is 5.32 Å². The summed E-state index contributed by atoms with van der Waals surface area (Å²) in [6, 6.07) is 0.431. The molecule has 5 heteroatoms. The van der Waals surface area contributed by atoms with E-state index in [9.17, 15) is 9.90 Å². The third-order valence-corrected chi connectivity index (χ3v) is 6.04. The lowest BCUT2D eigenvalue weighted by Gasteiger charge is -2.43. The smallest absolute Gasteiger partial charge is 0.339 e. The molecule has 2 aliphatic rings. The average molecular weight is 291 g/mol. The maximum atomic E-state index is 11.3. The Hall–Kier alpha value is -1.36. The highest BCUT2D eigenvalue weighted by Crippen LogP contribution is 2.62. The molecule has 0 amide bonds. The molecule has 0 radical (unpaired) electrons. The lowest BCUT2D eigenvalue weighted by atomic mass is 9.68. The molecule has 1 heterocycles. The molecule has 5 nitrogen and oxygen atoms in total. The van der Waals surface area contributed by atoms with Crippen molar-refractivity contribution in [2.75, 3.05) is 0 Å². The molecule has 2 N–H and O–H groups in total. The molecule has 0 aromatic carbocycles. The standard InChI is InChI=1S/C16H25N3O2/c1-15(2)10-5-6-16(3,7-10)14(15)17-9-12-11(13(20)21)8-18-19(12)4/h8,10,14,17H,5-7,9H2,1-4H3,(H,20,21). The predicted molar refractivity (Wildman–Crippen MR) is 80.0 cm³/mol. The molecule has 1 aromatic rings. The molecule has 2 aliphatic carbocycles. The Kier molecular flexibility index (Phi) is 3.17. The van der Waals surface area contributed by atoms with Crippen LogP contribution in [0.2, 0.25) is 0 Å². The summed E-state index contributed by atoms with van der Waals surface area (Å²) in [5.74, 6) is -0.121. The summed E-state index contributed by atoms with van der Waals surface area (Å²) in [5.41, 5.74) is 1.67. The number of carbonyl (C=O) groups is 1. The van der Waals surface area contributed by atoms with Gasteiger partial charge < -0.3 is 10.4 Å². The van der Waals surface area contributed by atoms with Crippen LogP contribution in [0.3, 0.4) is 0 Å². The van der Waals surface area contributed by atoms with Crippen LogP contribution in [0.1, 0.15) is 56.1 Å². The minimum absolute atomic E-state index is 0.273. The van der Waals surface area contributed by atoms with Crippen LogP contribution >= 0.6 is 0 Å². The van der Waals surface area contributed by atoms with Gasteiger partial charge in [0, 0.05) is 19.6 Å². The molecular formula is C16H25N3O2. The van der Waals surface area contributed by atoms with Gasteiger partial charge in [0.15, 0.2) is 0 Å². The van der Waals surface area contributed by atoms with E-state index in [1.165, 1.54) is 25.5 Å². The minimum Gasteiger partial charge on any atom is -0.478 e. The third-order valence-electron chi connectivity index (χ3n) is 6.04. The zero-order valence-corrected chi connectivity index (χ0v) is 13.3. The zero-order valence-electron chi connectivity index (χ0n) is 13.3. The Morgan fingerprint density at radius 1 is 1.52 bits per heavy atom. The third kappa shape index (κ3) is 2.09.